The van der Waals surface area contributed by atoms with Crippen molar-refractivity contribution in [2.24, 2.45) is 0 Å². The highest BCUT2D eigenvalue weighted by atomic mass is 16.5. The van der Waals surface area contributed by atoms with E-state index in [-0.39, 0.29) is 12.5 Å². The third kappa shape index (κ3) is 2.89. The Morgan fingerprint density at radius 3 is 2.30 bits per heavy atom. The number of aryl methyl sites for hydroxylation is 1. The quantitative estimate of drug-likeness (QED) is 0.789. The van der Waals surface area contributed by atoms with Crippen LogP contribution in [-0.2, 0) is 4.79 Å². The zero-order valence-electron chi connectivity index (χ0n) is 13.9. The van der Waals surface area contributed by atoms with E-state index in [4.69, 9.17) is 4.74 Å². The van der Waals surface area contributed by atoms with Gasteiger partial charge in [-0.15, -0.1) is 0 Å². The summed E-state index contributed by atoms with van der Waals surface area (Å²) in [5.74, 6) is 0.946. The Morgan fingerprint density at radius 1 is 1.09 bits per heavy atom. The molecule has 2 heterocycles. The van der Waals surface area contributed by atoms with Gasteiger partial charge in [0.1, 0.15) is 5.75 Å². The van der Waals surface area contributed by atoms with Crippen LogP contribution >= 0.6 is 0 Å². The van der Waals surface area contributed by atoms with E-state index in [0.717, 1.165) is 31.4 Å². The van der Waals surface area contributed by atoms with Crippen LogP contribution in [0, 0.1) is 6.92 Å². The standard InChI is InChI=1S/C20H25NO2/c1-14-5-9-19(10-6-14)23-13-20(22)21-17-7-8-18(21)12-16(11-17)15-3-2-4-15/h5-6,9-10,17-18H,2-4,7-8,11-13H2,1H3. The van der Waals surface area contributed by atoms with E-state index in [0.29, 0.717) is 12.1 Å². The summed E-state index contributed by atoms with van der Waals surface area (Å²) in [6.07, 6.45) is 8.53. The summed E-state index contributed by atoms with van der Waals surface area (Å²) in [7, 11) is 0. The van der Waals surface area contributed by atoms with Gasteiger partial charge < -0.3 is 9.64 Å². The summed E-state index contributed by atoms with van der Waals surface area (Å²) in [4.78, 5) is 14.8. The summed E-state index contributed by atoms with van der Waals surface area (Å²) in [5, 5.41) is 0. The van der Waals surface area contributed by atoms with Gasteiger partial charge in [-0.25, -0.2) is 0 Å². The second kappa shape index (κ2) is 6.03. The molecule has 1 amide bonds. The molecule has 3 nitrogen and oxygen atoms in total. The van der Waals surface area contributed by atoms with E-state index in [2.05, 4.69) is 11.8 Å². The maximum atomic E-state index is 12.6. The van der Waals surface area contributed by atoms with Gasteiger partial charge in [0.15, 0.2) is 6.61 Å². The molecule has 122 valence electrons. The number of allylic oxidation sites excluding steroid dienone is 1. The molecule has 0 radical (unpaired) electrons. The molecule has 3 heteroatoms. The van der Waals surface area contributed by atoms with Gasteiger partial charge in [-0.3, -0.25) is 4.79 Å². The maximum Gasteiger partial charge on any atom is 0.261 e. The third-order valence-electron chi connectivity index (χ3n) is 5.71. The number of hydrogen-bond acceptors (Lipinski definition) is 2. The fourth-order valence-electron chi connectivity index (χ4n) is 4.27. The van der Waals surface area contributed by atoms with E-state index < -0.39 is 0 Å². The molecule has 2 atom stereocenters. The average molecular weight is 311 g/mol. The Balaban J connectivity index is 1.38. The van der Waals surface area contributed by atoms with Crippen LogP contribution in [0.4, 0.5) is 0 Å². The van der Waals surface area contributed by atoms with Crippen molar-refractivity contribution in [3.63, 3.8) is 0 Å². The highest BCUT2D eigenvalue weighted by molar-refractivity contribution is 5.79. The topological polar surface area (TPSA) is 29.5 Å². The van der Waals surface area contributed by atoms with E-state index in [9.17, 15) is 4.79 Å². The lowest BCUT2D eigenvalue weighted by Gasteiger charge is -2.38. The Bertz CT molecular complexity index is 610. The molecule has 4 rings (SSSR count). The minimum atomic E-state index is 0.163. The average Bonchev–Trinajstić information content (AvgIpc) is 2.76. The van der Waals surface area contributed by atoms with Crippen molar-refractivity contribution in [3.05, 3.63) is 41.0 Å². The molecule has 0 N–H and O–H groups in total. The number of nitrogens with zero attached hydrogens (tertiary/aromatic N) is 1. The Morgan fingerprint density at radius 2 is 1.74 bits per heavy atom. The van der Waals surface area contributed by atoms with Crippen LogP contribution in [0.25, 0.3) is 0 Å². The van der Waals surface area contributed by atoms with Gasteiger partial charge in [-0.1, -0.05) is 28.8 Å². The number of hydrogen-bond donors (Lipinski definition) is 0. The van der Waals surface area contributed by atoms with Crippen LogP contribution < -0.4 is 4.74 Å². The van der Waals surface area contributed by atoms with Gasteiger partial charge in [0.25, 0.3) is 5.91 Å². The van der Waals surface area contributed by atoms with E-state index in [1.54, 1.807) is 11.1 Å². The van der Waals surface area contributed by atoms with Crippen LogP contribution in [0.1, 0.15) is 50.5 Å². The molecular weight excluding hydrogens is 286 g/mol. The Labute approximate surface area is 138 Å². The molecule has 2 bridgehead atoms. The van der Waals surface area contributed by atoms with Gasteiger partial charge >= 0.3 is 0 Å². The van der Waals surface area contributed by atoms with Crippen molar-refractivity contribution in [1.82, 2.24) is 4.90 Å². The molecule has 2 saturated heterocycles. The smallest absolute Gasteiger partial charge is 0.261 e. The first kappa shape index (κ1) is 14.8. The highest BCUT2D eigenvalue weighted by Crippen LogP contribution is 2.43. The second-order valence-corrected chi connectivity index (χ2v) is 7.26. The summed E-state index contributed by atoms with van der Waals surface area (Å²) < 4.78 is 5.70. The SMILES string of the molecule is Cc1ccc(OCC(=O)N2C3CCC2CC(=C2CCC2)C3)cc1. The number of piperidine rings is 1. The monoisotopic (exact) mass is 311 g/mol. The Kier molecular flexibility index (Phi) is 3.88. The zero-order valence-corrected chi connectivity index (χ0v) is 13.9. The molecule has 3 aliphatic rings. The fraction of sp³-hybridized carbons (Fsp3) is 0.550. The molecule has 0 aromatic heterocycles. The molecule has 1 aliphatic carbocycles. The number of benzene rings is 1. The summed E-state index contributed by atoms with van der Waals surface area (Å²) in [5.41, 5.74) is 4.58. The maximum absolute atomic E-state index is 12.6. The van der Waals surface area contributed by atoms with Crippen LogP contribution in [0.3, 0.4) is 0 Å². The van der Waals surface area contributed by atoms with Crippen molar-refractivity contribution in [3.8, 4) is 5.75 Å². The molecule has 1 aromatic rings. The molecule has 0 spiro atoms. The molecule has 2 unspecified atom stereocenters. The van der Waals surface area contributed by atoms with Crippen molar-refractivity contribution in [2.75, 3.05) is 6.61 Å². The predicted octanol–water partition coefficient (Wildman–Crippen LogP) is 4.01. The van der Waals surface area contributed by atoms with Crippen LogP contribution in [-0.4, -0.2) is 29.5 Å². The molecular formula is C20H25NO2. The first-order chi connectivity index (χ1) is 11.2. The minimum Gasteiger partial charge on any atom is -0.484 e. The molecule has 2 aliphatic heterocycles. The van der Waals surface area contributed by atoms with Gasteiger partial charge in [-0.05, 0) is 64.0 Å². The molecule has 1 saturated carbocycles. The van der Waals surface area contributed by atoms with E-state index in [1.165, 1.54) is 24.8 Å². The summed E-state index contributed by atoms with van der Waals surface area (Å²) >= 11 is 0. The van der Waals surface area contributed by atoms with Gasteiger partial charge in [0.2, 0.25) is 0 Å². The first-order valence-corrected chi connectivity index (χ1v) is 8.91. The number of rotatable bonds is 3. The third-order valence-corrected chi connectivity index (χ3v) is 5.71. The lowest BCUT2D eigenvalue weighted by atomic mass is 9.82. The van der Waals surface area contributed by atoms with Crippen molar-refractivity contribution >= 4 is 5.91 Å². The van der Waals surface area contributed by atoms with Gasteiger partial charge in [-0.2, -0.15) is 0 Å². The lowest BCUT2D eigenvalue weighted by Crippen LogP contribution is -2.47. The molecule has 23 heavy (non-hydrogen) atoms. The number of carbonyl (C=O) groups excluding carboxylic acids is 1. The summed E-state index contributed by atoms with van der Waals surface area (Å²) in [6, 6.07) is 8.75. The first-order valence-electron chi connectivity index (χ1n) is 8.91. The molecule has 1 aromatic carbocycles. The normalized spacial score (nSPS) is 26.2. The Hall–Kier alpha value is -1.77. The number of fused-ring (bicyclic) bond motifs is 2. The minimum absolute atomic E-state index is 0.163. The molecule has 3 fully saturated rings. The van der Waals surface area contributed by atoms with Gasteiger partial charge in [0, 0.05) is 12.1 Å². The second-order valence-electron chi connectivity index (χ2n) is 7.26. The van der Waals surface area contributed by atoms with Crippen molar-refractivity contribution in [2.45, 2.75) is 64.0 Å². The van der Waals surface area contributed by atoms with E-state index in [1.807, 2.05) is 24.3 Å². The van der Waals surface area contributed by atoms with E-state index >= 15 is 0 Å². The number of carbonyl (C=O) groups is 1. The largest absolute Gasteiger partial charge is 0.484 e. The van der Waals surface area contributed by atoms with Crippen molar-refractivity contribution < 1.29 is 9.53 Å². The highest BCUT2D eigenvalue weighted by Gasteiger charge is 2.42. The lowest BCUT2D eigenvalue weighted by molar-refractivity contribution is -0.137. The van der Waals surface area contributed by atoms with Crippen molar-refractivity contribution in [1.29, 1.82) is 0 Å². The van der Waals surface area contributed by atoms with Gasteiger partial charge in [0.05, 0.1) is 0 Å². The predicted molar refractivity (Wildman–Crippen MR) is 90.4 cm³/mol. The van der Waals surface area contributed by atoms with Crippen LogP contribution in [0.5, 0.6) is 5.75 Å². The number of ether oxygens (including phenoxy) is 1. The van der Waals surface area contributed by atoms with Crippen LogP contribution in [0.2, 0.25) is 0 Å². The van der Waals surface area contributed by atoms with Crippen LogP contribution in [0.15, 0.2) is 35.4 Å². The number of amides is 1. The summed E-state index contributed by atoms with van der Waals surface area (Å²) in [6.45, 7) is 2.22. The fourth-order valence-corrected chi connectivity index (χ4v) is 4.27. The zero-order chi connectivity index (χ0) is 15.8.